The van der Waals surface area contributed by atoms with E-state index in [0.29, 0.717) is 11.3 Å². The van der Waals surface area contributed by atoms with Gasteiger partial charge in [-0.15, -0.1) is 0 Å². The third-order valence-corrected chi connectivity index (χ3v) is 3.39. The monoisotopic (exact) mass is 268 g/mol. The predicted octanol–water partition coefficient (Wildman–Crippen LogP) is 3.91. The Bertz CT molecular complexity index is 740. The fourth-order valence-electron chi connectivity index (χ4n) is 2.33. The second-order valence-electron chi connectivity index (χ2n) is 4.81. The van der Waals surface area contributed by atoms with Crippen LogP contribution in [0.4, 0.5) is 0 Å². The maximum absolute atomic E-state index is 11.3. The summed E-state index contributed by atoms with van der Waals surface area (Å²) in [5.41, 5.74) is 2.98. The molecule has 0 unspecified atom stereocenters. The predicted molar refractivity (Wildman–Crippen MR) is 77.7 cm³/mol. The molecule has 0 aliphatic carbocycles. The molecule has 3 aromatic rings. The quantitative estimate of drug-likeness (QED) is 0.659. The molecule has 3 rings (SSSR count). The number of hydrogen-bond acceptors (Lipinski definition) is 3. The summed E-state index contributed by atoms with van der Waals surface area (Å²) in [4.78, 5) is 11.3. The summed E-state index contributed by atoms with van der Waals surface area (Å²) in [5, 5.41) is 5.52. The highest BCUT2D eigenvalue weighted by Crippen LogP contribution is 2.31. The molecule has 0 fully saturated rings. The summed E-state index contributed by atoms with van der Waals surface area (Å²) in [6, 6.07) is 7.77. The number of fused-ring (bicyclic) bond motifs is 1. The molecule has 0 bridgehead atoms. The number of hydrogen-bond donors (Lipinski definition) is 0. The number of carbonyl (C=O) groups excluding carboxylic acids is 1. The minimum Gasteiger partial charge on any atom is -0.464 e. The standard InChI is InChI=1S/C16H16N2O2/c1-2-3-8-18-9-12(10-19)16(17-18)14-11-20-15-7-5-4-6-13(14)15/h4-7,9-11H,2-3,8H2,1H3. The molecule has 0 amide bonds. The van der Waals surface area contributed by atoms with Crippen LogP contribution < -0.4 is 0 Å². The van der Waals surface area contributed by atoms with E-state index in [9.17, 15) is 4.79 Å². The molecule has 1 aromatic carbocycles. The van der Waals surface area contributed by atoms with Crippen LogP contribution in [0.3, 0.4) is 0 Å². The van der Waals surface area contributed by atoms with Gasteiger partial charge >= 0.3 is 0 Å². The SMILES string of the molecule is CCCCn1cc(C=O)c(-c2coc3ccccc23)n1. The van der Waals surface area contributed by atoms with Crippen LogP contribution in [0, 0.1) is 0 Å². The van der Waals surface area contributed by atoms with E-state index in [1.54, 1.807) is 12.5 Å². The smallest absolute Gasteiger partial charge is 0.153 e. The number of aromatic nitrogens is 2. The van der Waals surface area contributed by atoms with Gasteiger partial charge in [0.2, 0.25) is 0 Å². The van der Waals surface area contributed by atoms with E-state index in [0.717, 1.165) is 42.2 Å². The zero-order chi connectivity index (χ0) is 13.9. The van der Waals surface area contributed by atoms with Crippen LogP contribution in [0.5, 0.6) is 0 Å². The van der Waals surface area contributed by atoms with Gasteiger partial charge in [0.25, 0.3) is 0 Å². The van der Waals surface area contributed by atoms with Crippen molar-refractivity contribution in [3.8, 4) is 11.3 Å². The summed E-state index contributed by atoms with van der Waals surface area (Å²) in [7, 11) is 0. The molecule has 2 heterocycles. The number of furan rings is 1. The number of aryl methyl sites for hydroxylation is 1. The molecule has 0 aliphatic heterocycles. The minimum absolute atomic E-state index is 0.604. The lowest BCUT2D eigenvalue weighted by Gasteiger charge is -1.98. The lowest BCUT2D eigenvalue weighted by atomic mass is 10.1. The summed E-state index contributed by atoms with van der Waals surface area (Å²) in [6.07, 6.45) is 6.47. The van der Waals surface area contributed by atoms with Gasteiger partial charge in [0, 0.05) is 23.7 Å². The molecule has 20 heavy (non-hydrogen) atoms. The molecular formula is C16H16N2O2. The number of benzene rings is 1. The van der Waals surface area contributed by atoms with Gasteiger partial charge < -0.3 is 4.42 Å². The van der Waals surface area contributed by atoms with Crippen molar-refractivity contribution in [1.82, 2.24) is 9.78 Å². The van der Waals surface area contributed by atoms with Gasteiger partial charge in [0.1, 0.15) is 17.5 Å². The maximum atomic E-state index is 11.3. The number of aldehydes is 1. The lowest BCUT2D eigenvalue weighted by molar-refractivity contribution is 0.112. The normalized spacial score (nSPS) is 11.1. The summed E-state index contributed by atoms with van der Waals surface area (Å²) in [6.45, 7) is 2.96. The number of rotatable bonds is 5. The van der Waals surface area contributed by atoms with Crippen LogP contribution in [0.1, 0.15) is 30.1 Å². The van der Waals surface area contributed by atoms with Crippen LogP contribution in [0.15, 0.2) is 41.1 Å². The molecule has 4 nitrogen and oxygen atoms in total. The molecule has 0 aliphatic rings. The lowest BCUT2D eigenvalue weighted by Crippen LogP contribution is -1.97. The van der Waals surface area contributed by atoms with Gasteiger partial charge in [-0.2, -0.15) is 5.10 Å². The van der Waals surface area contributed by atoms with E-state index in [1.165, 1.54) is 0 Å². The van der Waals surface area contributed by atoms with E-state index in [-0.39, 0.29) is 0 Å². The first-order chi connectivity index (χ1) is 9.83. The van der Waals surface area contributed by atoms with Crippen molar-refractivity contribution in [2.75, 3.05) is 0 Å². The number of para-hydroxylation sites is 1. The van der Waals surface area contributed by atoms with E-state index < -0.39 is 0 Å². The van der Waals surface area contributed by atoms with E-state index >= 15 is 0 Å². The maximum Gasteiger partial charge on any atom is 0.153 e. The zero-order valence-corrected chi connectivity index (χ0v) is 11.4. The fraction of sp³-hybridized carbons (Fsp3) is 0.250. The fourth-order valence-corrected chi connectivity index (χ4v) is 2.33. The van der Waals surface area contributed by atoms with Crippen LogP contribution in [-0.2, 0) is 6.54 Å². The molecule has 0 radical (unpaired) electrons. The summed E-state index contributed by atoms with van der Waals surface area (Å²) in [5.74, 6) is 0. The molecule has 4 heteroatoms. The van der Waals surface area contributed by atoms with Crippen molar-refractivity contribution < 1.29 is 9.21 Å². The minimum atomic E-state index is 0.604. The zero-order valence-electron chi connectivity index (χ0n) is 11.4. The van der Waals surface area contributed by atoms with Crippen molar-refractivity contribution in [1.29, 1.82) is 0 Å². The number of carbonyl (C=O) groups is 1. The molecule has 0 N–H and O–H groups in total. The van der Waals surface area contributed by atoms with E-state index in [1.807, 2.05) is 28.9 Å². The molecule has 0 saturated carbocycles. The van der Waals surface area contributed by atoms with Gasteiger partial charge in [-0.05, 0) is 12.5 Å². The van der Waals surface area contributed by atoms with Gasteiger partial charge in [-0.1, -0.05) is 31.5 Å². The number of unbranched alkanes of at least 4 members (excludes halogenated alkanes) is 1. The Balaban J connectivity index is 2.08. The van der Waals surface area contributed by atoms with Crippen molar-refractivity contribution in [2.45, 2.75) is 26.3 Å². The molecular weight excluding hydrogens is 252 g/mol. The van der Waals surface area contributed by atoms with Gasteiger partial charge in [-0.3, -0.25) is 9.48 Å². The van der Waals surface area contributed by atoms with Crippen molar-refractivity contribution >= 4 is 17.3 Å². The van der Waals surface area contributed by atoms with Crippen LogP contribution in [-0.4, -0.2) is 16.1 Å². The van der Waals surface area contributed by atoms with Crippen LogP contribution in [0.2, 0.25) is 0 Å². The van der Waals surface area contributed by atoms with Crippen molar-refractivity contribution in [3.05, 3.63) is 42.3 Å². The Morgan fingerprint density at radius 2 is 2.20 bits per heavy atom. The largest absolute Gasteiger partial charge is 0.464 e. The summed E-state index contributed by atoms with van der Waals surface area (Å²) < 4.78 is 7.37. The molecule has 0 saturated heterocycles. The third kappa shape index (κ3) is 2.13. The van der Waals surface area contributed by atoms with E-state index in [2.05, 4.69) is 12.0 Å². The number of nitrogens with zero attached hydrogens (tertiary/aromatic N) is 2. The molecule has 0 atom stereocenters. The Morgan fingerprint density at radius 3 is 3.00 bits per heavy atom. The highest BCUT2D eigenvalue weighted by atomic mass is 16.3. The Morgan fingerprint density at radius 1 is 1.35 bits per heavy atom. The Labute approximate surface area is 117 Å². The molecule has 2 aromatic heterocycles. The Hall–Kier alpha value is -2.36. The Kier molecular flexibility index (Phi) is 3.37. The first-order valence-corrected chi connectivity index (χ1v) is 6.82. The first-order valence-electron chi connectivity index (χ1n) is 6.82. The van der Waals surface area contributed by atoms with Gasteiger partial charge in [-0.25, -0.2) is 0 Å². The van der Waals surface area contributed by atoms with Crippen molar-refractivity contribution in [3.63, 3.8) is 0 Å². The average Bonchev–Trinajstić information content (AvgIpc) is 3.08. The van der Waals surface area contributed by atoms with Crippen LogP contribution >= 0.6 is 0 Å². The second-order valence-corrected chi connectivity index (χ2v) is 4.81. The van der Waals surface area contributed by atoms with Crippen molar-refractivity contribution in [2.24, 2.45) is 0 Å². The summed E-state index contributed by atoms with van der Waals surface area (Å²) >= 11 is 0. The topological polar surface area (TPSA) is 48.0 Å². The highest BCUT2D eigenvalue weighted by Gasteiger charge is 2.15. The van der Waals surface area contributed by atoms with Gasteiger partial charge in [0.05, 0.1) is 5.56 Å². The second kappa shape index (κ2) is 5.33. The average molecular weight is 268 g/mol. The third-order valence-electron chi connectivity index (χ3n) is 3.39. The van der Waals surface area contributed by atoms with Gasteiger partial charge in [0.15, 0.2) is 6.29 Å². The van der Waals surface area contributed by atoms with E-state index in [4.69, 9.17) is 4.42 Å². The molecule has 102 valence electrons. The first kappa shape index (κ1) is 12.7. The highest BCUT2D eigenvalue weighted by molar-refractivity contribution is 5.97. The molecule has 0 spiro atoms. The van der Waals surface area contributed by atoms with Crippen LogP contribution in [0.25, 0.3) is 22.2 Å².